The van der Waals surface area contributed by atoms with Crippen molar-refractivity contribution in [1.29, 1.82) is 0 Å². The molecule has 0 atom stereocenters. The third-order valence-corrected chi connectivity index (χ3v) is 20.2. The van der Waals surface area contributed by atoms with Crippen molar-refractivity contribution in [3.05, 3.63) is 154 Å². The van der Waals surface area contributed by atoms with Gasteiger partial charge in [0.15, 0.2) is 0 Å². The summed E-state index contributed by atoms with van der Waals surface area (Å²) in [6.07, 6.45) is 28.9. The molecule has 6 aromatic rings. The molecule has 0 aromatic heterocycles. The molecule has 0 aliphatic rings. The van der Waals surface area contributed by atoms with Crippen molar-refractivity contribution in [2.45, 2.75) is 209 Å². The molecule has 0 spiro atoms. The van der Waals surface area contributed by atoms with Crippen LogP contribution in [0.5, 0.6) is 0 Å². The van der Waals surface area contributed by atoms with Crippen LogP contribution in [-0.4, -0.2) is 0 Å². The first-order chi connectivity index (χ1) is 33.5. The molecular weight excluding hydrogens is 855 g/mol. The molecule has 364 valence electrons. The second kappa shape index (κ2) is 28.9. The van der Waals surface area contributed by atoms with Gasteiger partial charge in [0.05, 0.1) is 0 Å². The van der Waals surface area contributed by atoms with E-state index in [1.165, 1.54) is 126 Å². The van der Waals surface area contributed by atoms with Gasteiger partial charge in [-0.2, -0.15) is 0 Å². The minimum Gasteiger partial charge on any atom is -0.0654 e. The lowest BCUT2D eigenvalue weighted by Crippen LogP contribution is -2.38. The van der Waals surface area contributed by atoms with Gasteiger partial charge in [-0.25, -0.2) is 0 Å². The van der Waals surface area contributed by atoms with Gasteiger partial charge in [-0.15, -0.1) is 0 Å². The maximum atomic E-state index is 2.68. The molecule has 0 saturated carbocycles. The Kier molecular flexibility index (Phi) is 22.9. The maximum absolute atomic E-state index is 2.68. The van der Waals surface area contributed by atoms with Crippen molar-refractivity contribution in [3.63, 3.8) is 0 Å². The van der Waals surface area contributed by atoms with Gasteiger partial charge in [-0.1, -0.05) is 216 Å². The molecule has 0 nitrogen and oxygen atoms in total. The van der Waals surface area contributed by atoms with Gasteiger partial charge in [0.25, 0.3) is 0 Å². The van der Waals surface area contributed by atoms with E-state index in [4.69, 9.17) is 0 Å². The van der Waals surface area contributed by atoms with Crippen LogP contribution in [0.15, 0.2) is 109 Å². The molecule has 0 radical (unpaired) electrons. The molecule has 6 aromatic carbocycles. The van der Waals surface area contributed by atoms with E-state index in [9.17, 15) is 0 Å². The van der Waals surface area contributed by atoms with E-state index in [0.717, 1.165) is 38.5 Å². The Balaban J connectivity index is 1.86. The van der Waals surface area contributed by atoms with Crippen molar-refractivity contribution in [2.75, 3.05) is 0 Å². The Hall–Kier alpha value is -3.56. The summed E-state index contributed by atoms with van der Waals surface area (Å²) in [5, 5.41) is 12.6. The SMILES string of the molecule is CCCCc1cccc(P(c2cccc(CCCC)c2CCCC)c2ccc3ccccc3c2P(c2cccc(CCCC)c2CCCC)c2cccc(CCCC)c2CCCC)c1CCCC. The van der Waals surface area contributed by atoms with Crippen molar-refractivity contribution >= 4 is 58.4 Å². The molecule has 0 amide bonds. The van der Waals surface area contributed by atoms with Gasteiger partial charge in [0.2, 0.25) is 0 Å². The normalized spacial score (nSPS) is 11.7. The lowest BCUT2D eigenvalue weighted by molar-refractivity contribution is 0.760. The molecule has 0 aliphatic heterocycles. The van der Waals surface area contributed by atoms with Crippen LogP contribution < -0.4 is 31.8 Å². The highest BCUT2D eigenvalue weighted by molar-refractivity contribution is 7.86. The molecule has 2 heteroatoms. The number of benzene rings is 6. The summed E-state index contributed by atoms with van der Waals surface area (Å²) < 4.78 is 0. The average Bonchev–Trinajstić information content (AvgIpc) is 3.37. The Morgan fingerprint density at radius 3 is 0.912 bits per heavy atom. The monoisotopic (exact) mass is 945 g/mol. The number of unbranched alkanes of at least 4 members (excludes halogenated alkanes) is 8. The smallest absolute Gasteiger partial charge is 0.00112 e. The number of hydrogen-bond acceptors (Lipinski definition) is 0. The van der Waals surface area contributed by atoms with E-state index in [0.29, 0.717) is 0 Å². The Labute approximate surface area is 419 Å². The van der Waals surface area contributed by atoms with E-state index in [1.807, 2.05) is 0 Å². The van der Waals surface area contributed by atoms with E-state index in [-0.39, 0.29) is 0 Å². The molecule has 68 heavy (non-hydrogen) atoms. The van der Waals surface area contributed by atoms with Crippen LogP contribution >= 0.6 is 15.8 Å². The molecule has 0 heterocycles. The highest BCUT2D eigenvalue weighted by Gasteiger charge is 2.33. The van der Waals surface area contributed by atoms with E-state index in [1.54, 1.807) is 76.3 Å². The van der Waals surface area contributed by atoms with Crippen LogP contribution in [0, 0.1) is 0 Å². The fourth-order valence-corrected chi connectivity index (χ4v) is 17.2. The summed E-state index contributed by atoms with van der Waals surface area (Å²) in [5.41, 5.74) is 13.0. The van der Waals surface area contributed by atoms with Gasteiger partial charge in [0, 0.05) is 5.30 Å². The summed E-state index contributed by atoms with van der Waals surface area (Å²) in [4.78, 5) is 0. The second-order valence-electron chi connectivity index (χ2n) is 19.8. The highest BCUT2D eigenvalue weighted by atomic mass is 31.1. The summed E-state index contributed by atoms with van der Waals surface area (Å²) in [6, 6.07) is 45.2. The first kappa shape index (κ1) is 53.8. The zero-order valence-corrected chi connectivity index (χ0v) is 46.0. The Morgan fingerprint density at radius 1 is 0.265 bits per heavy atom. The van der Waals surface area contributed by atoms with Crippen LogP contribution in [-0.2, 0) is 51.4 Å². The van der Waals surface area contributed by atoms with Crippen LogP contribution in [0.3, 0.4) is 0 Å². The second-order valence-corrected chi connectivity index (χ2v) is 24.0. The standard InChI is InChI=1S/C66H90P2/c1-9-17-31-51-36-27-45-61(56(51)40-21-13-5)67(62-46-28-37-52(32-18-10-2)57(62)41-22-14-6)65-50-49-55-35-25-26-44-60(55)66(65)68(63-47-29-38-53(33-19-11-3)58(63)42-23-15-7)64-48-30-39-54(34-20-12-4)59(64)43-24-16-8/h25-30,35-39,44-50H,9-24,31-34,40-43H2,1-8H3. The Morgan fingerprint density at radius 2 is 0.574 bits per heavy atom. The Bertz CT molecular complexity index is 2310. The molecule has 0 bridgehead atoms. The predicted molar refractivity (Wildman–Crippen MR) is 310 cm³/mol. The number of rotatable bonds is 30. The average molecular weight is 945 g/mol. The molecule has 0 aliphatic carbocycles. The molecule has 0 unspecified atom stereocenters. The fraction of sp³-hybridized carbons (Fsp3) is 0.485. The first-order valence-electron chi connectivity index (χ1n) is 28.0. The predicted octanol–water partition coefficient (Wildman–Crippen LogP) is 17.1. The van der Waals surface area contributed by atoms with Gasteiger partial charge in [-0.3, -0.25) is 0 Å². The summed E-state index contributed by atoms with van der Waals surface area (Å²) in [7, 11) is -1.93. The van der Waals surface area contributed by atoms with Crippen LogP contribution in [0.25, 0.3) is 10.8 Å². The minimum atomic E-state index is -0.976. The molecule has 0 fully saturated rings. The van der Waals surface area contributed by atoms with Gasteiger partial charge >= 0.3 is 0 Å². The quantitative estimate of drug-likeness (QED) is 0.0395. The van der Waals surface area contributed by atoms with Crippen molar-refractivity contribution < 1.29 is 0 Å². The van der Waals surface area contributed by atoms with Crippen LogP contribution in [0.1, 0.15) is 203 Å². The number of aryl methyl sites for hydroxylation is 4. The topological polar surface area (TPSA) is 0 Å². The lowest BCUT2D eigenvalue weighted by atomic mass is 9.97. The zero-order valence-electron chi connectivity index (χ0n) is 44.3. The molecular formula is C66H90P2. The largest absolute Gasteiger partial charge is 0.0654 e. The number of hydrogen-bond donors (Lipinski definition) is 0. The molecule has 6 rings (SSSR count). The van der Waals surface area contributed by atoms with Gasteiger partial charge in [0.1, 0.15) is 0 Å². The van der Waals surface area contributed by atoms with Crippen molar-refractivity contribution in [2.24, 2.45) is 0 Å². The summed E-state index contributed by atoms with van der Waals surface area (Å²) in [6.45, 7) is 19.0. The van der Waals surface area contributed by atoms with Crippen LogP contribution in [0.4, 0.5) is 0 Å². The zero-order chi connectivity index (χ0) is 48.1. The fourth-order valence-electron chi connectivity index (χ4n) is 10.7. The van der Waals surface area contributed by atoms with Gasteiger partial charge < -0.3 is 0 Å². The lowest BCUT2D eigenvalue weighted by Gasteiger charge is -2.34. The highest BCUT2D eigenvalue weighted by Crippen LogP contribution is 2.46. The van der Waals surface area contributed by atoms with Gasteiger partial charge in [-0.05, 0) is 200 Å². The minimum absolute atomic E-state index is 0.949. The molecule has 0 N–H and O–H groups in total. The van der Waals surface area contributed by atoms with Crippen molar-refractivity contribution in [1.82, 2.24) is 0 Å². The van der Waals surface area contributed by atoms with E-state index in [2.05, 4.69) is 165 Å². The van der Waals surface area contributed by atoms with E-state index < -0.39 is 15.8 Å². The van der Waals surface area contributed by atoms with Crippen molar-refractivity contribution in [3.8, 4) is 0 Å². The third kappa shape index (κ3) is 13.4. The maximum Gasteiger partial charge on any atom is 0.00112 e. The summed E-state index contributed by atoms with van der Waals surface area (Å²) >= 11 is 0. The number of fused-ring (bicyclic) bond motifs is 1. The first-order valence-corrected chi connectivity index (χ1v) is 30.7. The summed E-state index contributed by atoms with van der Waals surface area (Å²) in [5.74, 6) is 0. The third-order valence-electron chi connectivity index (χ3n) is 14.6. The van der Waals surface area contributed by atoms with E-state index >= 15 is 0 Å². The van der Waals surface area contributed by atoms with Crippen LogP contribution in [0.2, 0.25) is 0 Å². The molecule has 0 saturated heterocycles.